The lowest BCUT2D eigenvalue weighted by Crippen LogP contribution is -2.08. The molecule has 142 valence electrons. The Morgan fingerprint density at radius 3 is 2.36 bits per heavy atom. The topological polar surface area (TPSA) is 48.5 Å². The molecular weight excluding hydrogens is 367 g/mol. The molecule has 0 unspecified atom stereocenters. The Hall–Kier alpha value is -3.16. The molecule has 3 aromatic heterocycles. The predicted molar refractivity (Wildman–Crippen MR) is 98.0 cm³/mol. The van der Waals surface area contributed by atoms with Gasteiger partial charge in [0.1, 0.15) is 5.69 Å². The van der Waals surface area contributed by atoms with Crippen molar-refractivity contribution in [3.05, 3.63) is 59.9 Å². The molecule has 0 saturated heterocycles. The largest absolute Gasteiger partial charge is 0.417 e. The first-order valence-corrected chi connectivity index (χ1v) is 8.98. The first kappa shape index (κ1) is 17.0. The van der Waals surface area contributed by atoms with Crippen molar-refractivity contribution in [2.24, 2.45) is 7.05 Å². The van der Waals surface area contributed by atoms with Gasteiger partial charge in [0.05, 0.1) is 28.0 Å². The summed E-state index contributed by atoms with van der Waals surface area (Å²) < 4.78 is 45.1. The van der Waals surface area contributed by atoms with E-state index in [0.717, 1.165) is 18.9 Å². The molecular formula is C20H16F3N5. The molecule has 0 aliphatic heterocycles. The number of rotatable bonds is 3. The van der Waals surface area contributed by atoms with E-state index in [1.165, 1.54) is 4.68 Å². The number of alkyl halides is 3. The Morgan fingerprint density at radius 1 is 1.00 bits per heavy atom. The molecule has 0 atom stereocenters. The van der Waals surface area contributed by atoms with Gasteiger partial charge < -0.3 is 0 Å². The molecule has 0 radical (unpaired) electrons. The number of aryl methyl sites for hydroxylation is 1. The van der Waals surface area contributed by atoms with Gasteiger partial charge in [0.2, 0.25) is 0 Å². The van der Waals surface area contributed by atoms with Gasteiger partial charge in [-0.2, -0.15) is 23.4 Å². The number of aromatic nitrogens is 5. The number of hydrogen-bond donors (Lipinski definition) is 0. The van der Waals surface area contributed by atoms with Crippen LogP contribution in [0, 0.1) is 0 Å². The minimum atomic E-state index is -4.51. The Kier molecular flexibility index (Phi) is 3.59. The van der Waals surface area contributed by atoms with Gasteiger partial charge in [0.15, 0.2) is 5.65 Å². The lowest BCUT2D eigenvalue weighted by molar-refractivity contribution is -0.136. The molecule has 1 aromatic carbocycles. The van der Waals surface area contributed by atoms with Crippen molar-refractivity contribution in [1.29, 1.82) is 0 Å². The van der Waals surface area contributed by atoms with Crippen LogP contribution in [-0.4, -0.2) is 24.5 Å². The summed E-state index contributed by atoms with van der Waals surface area (Å²) >= 11 is 0. The van der Waals surface area contributed by atoms with Crippen LogP contribution in [-0.2, 0) is 13.2 Å². The van der Waals surface area contributed by atoms with E-state index < -0.39 is 11.7 Å². The summed E-state index contributed by atoms with van der Waals surface area (Å²) in [4.78, 5) is 4.56. The smallest absolute Gasteiger partial charge is 0.275 e. The van der Waals surface area contributed by atoms with Crippen molar-refractivity contribution in [3.63, 3.8) is 0 Å². The molecule has 8 heteroatoms. The van der Waals surface area contributed by atoms with Crippen molar-refractivity contribution < 1.29 is 13.2 Å². The van der Waals surface area contributed by atoms with Crippen molar-refractivity contribution in [2.45, 2.75) is 24.9 Å². The van der Waals surface area contributed by atoms with E-state index in [-0.39, 0.29) is 22.6 Å². The Morgan fingerprint density at radius 2 is 1.75 bits per heavy atom. The number of pyridine rings is 1. The van der Waals surface area contributed by atoms with E-state index in [2.05, 4.69) is 15.2 Å². The maximum atomic E-state index is 14.0. The highest BCUT2D eigenvalue weighted by atomic mass is 19.4. The standard InChI is InChI=1S/C20H16F3N5/c1-27-10-9-15(25-27)16-11-14(20(21,22)23)17-18(12-7-8-12)26-28(19(17)24-16)13-5-3-2-4-6-13/h2-6,9-12H,7-8H2,1H3. The fourth-order valence-electron chi connectivity index (χ4n) is 3.44. The van der Waals surface area contributed by atoms with Gasteiger partial charge in [-0.1, -0.05) is 18.2 Å². The van der Waals surface area contributed by atoms with E-state index in [4.69, 9.17) is 0 Å². The lowest BCUT2D eigenvalue weighted by atomic mass is 10.1. The number of nitrogens with zero attached hydrogens (tertiary/aromatic N) is 5. The van der Waals surface area contributed by atoms with Crippen molar-refractivity contribution >= 4 is 11.0 Å². The number of halogens is 3. The van der Waals surface area contributed by atoms with Gasteiger partial charge >= 0.3 is 6.18 Å². The van der Waals surface area contributed by atoms with Crippen LogP contribution in [0.5, 0.6) is 0 Å². The minimum Gasteiger partial charge on any atom is -0.275 e. The molecule has 1 saturated carbocycles. The van der Waals surface area contributed by atoms with Crippen molar-refractivity contribution in [1.82, 2.24) is 24.5 Å². The molecule has 1 aliphatic carbocycles. The molecule has 3 heterocycles. The van der Waals surface area contributed by atoms with E-state index in [0.29, 0.717) is 17.1 Å². The summed E-state index contributed by atoms with van der Waals surface area (Å²) in [5.74, 6) is 0.0519. The van der Waals surface area contributed by atoms with Crippen LogP contribution < -0.4 is 0 Å². The lowest BCUT2D eigenvalue weighted by Gasteiger charge is -2.11. The molecule has 28 heavy (non-hydrogen) atoms. The van der Waals surface area contributed by atoms with Crippen molar-refractivity contribution in [2.75, 3.05) is 0 Å². The maximum Gasteiger partial charge on any atom is 0.417 e. The first-order chi connectivity index (χ1) is 13.4. The van der Waals surface area contributed by atoms with Gasteiger partial charge in [0.25, 0.3) is 0 Å². The Labute approximate surface area is 158 Å². The van der Waals surface area contributed by atoms with E-state index >= 15 is 0 Å². The quantitative estimate of drug-likeness (QED) is 0.514. The summed E-state index contributed by atoms with van der Waals surface area (Å²) in [6.07, 6.45) is -1.14. The van der Waals surface area contributed by atoms with E-state index in [1.54, 1.807) is 24.0 Å². The number of para-hydroxylation sites is 1. The monoisotopic (exact) mass is 383 g/mol. The zero-order chi connectivity index (χ0) is 19.5. The van der Waals surface area contributed by atoms with Crippen LogP contribution in [0.1, 0.15) is 30.0 Å². The van der Waals surface area contributed by atoms with Gasteiger partial charge in [-0.25, -0.2) is 9.67 Å². The van der Waals surface area contributed by atoms with Crippen LogP contribution in [0.25, 0.3) is 28.1 Å². The van der Waals surface area contributed by atoms with Crippen LogP contribution in [0.4, 0.5) is 13.2 Å². The second-order valence-corrected chi connectivity index (χ2v) is 7.03. The average molecular weight is 383 g/mol. The molecule has 1 aliphatic rings. The minimum absolute atomic E-state index is 0.0519. The highest BCUT2D eigenvalue weighted by molar-refractivity contribution is 5.87. The summed E-state index contributed by atoms with van der Waals surface area (Å²) in [6, 6.07) is 11.9. The zero-order valence-electron chi connectivity index (χ0n) is 15.0. The summed E-state index contributed by atoms with van der Waals surface area (Å²) in [7, 11) is 1.71. The molecule has 5 rings (SSSR count). The number of benzene rings is 1. The van der Waals surface area contributed by atoms with Crippen molar-refractivity contribution in [3.8, 4) is 17.1 Å². The van der Waals surface area contributed by atoms with Crippen LogP contribution >= 0.6 is 0 Å². The summed E-state index contributed by atoms with van der Waals surface area (Å²) in [5, 5.41) is 8.88. The predicted octanol–water partition coefficient (Wildman–Crippen LogP) is 4.72. The molecule has 0 bridgehead atoms. The van der Waals surface area contributed by atoms with Crippen LogP contribution in [0.15, 0.2) is 48.7 Å². The highest BCUT2D eigenvalue weighted by Crippen LogP contribution is 2.46. The molecule has 4 aromatic rings. The van der Waals surface area contributed by atoms with Crippen LogP contribution in [0.2, 0.25) is 0 Å². The second-order valence-electron chi connectivity index (χ2n) is 7.03. The van der Waals surface area contributed by atoms with Gasteiger partial charge in [-0.15, -0.1) is 0 Å². The number of fused-ring (bicyclic) bond motifs is 1. The van der Waals surface area contributed by atoms with E-state index in [9.17, 15) is 13.2 Å². The molecule has 5 nitrogen and oxygen atoms in total. The Bertz CT molecular complexity index is 1170. The summed E-state index contributed by atoms with van der Waals surface area (Å²) in [6.45, 7) is 0. The highest BCUT2D eigenvalue weighted by Gasteiger charge is 2.39. The average Bonchev–Trinajstić information content (AvgIpc) is 3.31. The molecule has 0 amide bonds. The second kappa shape index (κ2) is 5.92. The van der Waals surface area contributed by atoms with Crippen LogP contribution in [0.3, 0.4) is 0 Å². The van der Waals surface area contributed by atoms with Gasteiger partial charge in [-0.05, 0) is 37.1 Å². The fourth-order valence-corrected chi connectivity index (χ4v) is 3.44. The van der Waals surface area contributed by atoms with Gasteiger partial charge in [-0.3, -0.25) is 4.68 Å². The molecule has 0 spiro atoms. The third-order valence-electron chi connectivity index (χ3n) is 4.91. The number of hydrogen-bond acceptors (Lipinski definition) is 3. The summed E-state index contributed by atoms with van der Waals surface area (Å²) in [5.41, 5.74) is 1.23. The fraction of sp³-hybridized carbons (Fsp3) is 0.250. The van der Waals surface area contributed by atoms with Gasteiger partial charge in [0, 0.05) is 19.2 Å². The van der Waals surface area contributed by atoms with E-state index in [1.807, 2.05) is 30.3 Å². The normalized spacial score (nSPS) is 14.7. The molecule has 0 N–H and O–H groups in total. The first-order valence-electron chi connectivity index (χ1n) is 8.98. The Balaban J connectivity index is 1.86. The molecule has 1 fully saturated rings. The zero-order valence-corrected chi connectivity index (χ0v) is 15.0. The SMILES string of the molecule is Cn1ccc(-c2cc(C(F)(F)F)c3c(C4CC4)nn(-c4ccccc4)c3n2)n1. The maximum absolute atomic E-state index is 14.0. The third-order valence-corrected chi connectivity index (χ3v) is 4.91. The third kappa shape index (κ3) is 2.76.